The Bertz CT molecular complexity index is 474. The summed E-state index contributed by atoms with van der Waals surface area (Å²) in [4.78, 5) is 12.2. The van der Waals surface area contributed by atoms with Gasteiger partial charge in [0.15, 0.2) is 0 Å². The summed E-state index contributed by atoms with van der Waals surface area (Å²) in [5.41, 5.74) is -1.10. The van der Waals surface area contributed by atoms with Crippen molar-refractivity contribution < 1.29 is 27.5 Å². The number of rotatable bonds is 6. The molecule has 0 saturated heterocycles. The van der Waals surface area contributed by atoms with Gasteiger partial charge in [0.2, 0.25) is 0 Å². The van der Waals surface area contributed by atoms with Crippen molar-refractivity contribution in [3.8, 4) is 0 Å². The highest BCUT2D eigenvalue weighted by molar-refractivity contribution is 5.69. The van der Waals surface area contributed by atoms with Gasteiger partial charge in [-0.2, -0.15) is 13.2 Å². The topological polar surface area (TPSA) is 40.5 Å². The summed E-state index contributed by atoms with van der Waals surface area (Å²) in [7, 11) is 0. The lowest BCUT2D eigenvalue weighted by molar-refractivity contribution is -0.140. The van der Waals surface area contributed by atoms with Crippen LogP contribution in [0.3, 0.4) is 0 Å². The second-order valence-corrected chi connectivity index (χ2v) is 4.42. The molecule has 0 unspecified atom stereocenters. The van der Waals surface area contributed by atoms with Gasteiger partial charge in [-0.15, -0.1) is 0 Å². The summed E-state index contributed by atoms with van der Waals surface area (Å²) in [5.74, 6) is -2.39. The van der Waals surface area contributed by atoms with E-state index in [1.54, 1.807) is 0 Å². The Morgan fingerprint density at radius 3 is 2.50 bits per heavy atom. The summed E-state index contributed by atoms with van der Waals surface area (Å²) in [6.45, 7) is 2.03. The maximum absolute atomic E-state index is 13.1. The Balaban J connectivity index is 2.93. The number of aliphatic carboxylic acids is 1. The fourth-order valence-corrected chi connectivity index (χ4v) is 1.87. The molecule has 0 fully saturated rings. The zero-order chi connectivity index (χ0) is 15.3. The van der Waals surface area contributed by atoms with Crippen molar-refractivity contribution in [1.29, 1.82) is 0 Å². The monoisotopic (exact) mass is 293 g/mol. The lowest BCUT2D eigenvalue weighted by atomic mass is 10.1. The molecular weight excluding hydrogens is 278 g/mol. The third kappa shape index (κ3) is 4.80. The number of hydrogen-bond acceptors (Lipinski definition) is 2. The molecule has 0 atom stereocenters. The molecule has 1 aromatic carbocycles. The third-order valence-corrected chi connectivity index (χ3v) is 2.64. The molecule has 1 N–H and O–H groups in total. The summed E-state index contributed by atoms with van der Waals surface area (Å²) in [5, 5.41) is 8.73. The summed E-state index contributed by atoms with van der Waals surface area (Å²) >= 11 is 0. The van der Waals surface area contributed by atoms with Crippen molar-refractivity contribution in [1.82, 2.24) is 4.90 Å². The van der Waals surface area contributed by atoms with E-state index in [0.717, 1.165) is 12.1 Å². The maximum Gasteiger partial charge on any atom is 0.419 e. The van der Waals surface area contributed by atoms with E-state index in [-0.39, 0.29) is 18.7 Å². The van der Waals surface area contributed by atoms with Gasteiger partial charge in [0, 0.05) is 6.54 Å². The third-order valence-electron chi connectivity index (χ3n) is 2.64. The number of halogens is 4. The van der Waals surface area contributed by atoms with Crippen molar-refractivity contribution >= 4 is 5.97 Å². The molecule has 0 spiro atoms. The van der Waals surface area contributed by atoms with Crippen LogP contribution in [0.2, 0.25) is 0 Å². The average Bonchev–Trinajstić information content (AvgIpc) is 2.29. The number of carboxylic acids is 1. The van der Waals surface area contributed by atoms with Gasteiger partial charge in [-0.05, 0) is 30.7 Å². The van der Waals surface area contributed by atoms with E-state index in [1.165, 1.54) is 11.0 Å². The lowest BCUT2D eigenvalue weighted by Crippen LogP contribution is -2.30. The molecule has 1 rings (SSSR count). The molecule has 0 aliphatic rings. The molecule has 0 heterocycles. The smallest absolute Gasteiger partial charge is 0.419 e. The fourth-order valence-electron chi connectivity index (χ4n) is 1.87. The van der Waals surface area contributed by atoms with Crippen molar-refractivity contribution in [3.05, 3.63) is 35.1 Å². The second kappa shape index (κ2) is 6.69. The van der Waals surface area contributed by atoms with E-state index in [4.69, 9.17) is 5.11 Å². The summed E-state index contributed by atoms with van der Waals surface area (Å²) < 4.78 is 50.9. The van der Waals surface area contributed by atoms with Gasteiger partial charge in [-0.25, -0.2) is 4.39 Å². The van der Waals surface area contributed by atoms with E-state index < -0.39 is 23.5 Å². The van der Waals surface area contributed by atoms with Crippen LogP contribution >= 0.6 is 0 Å². The zero-order valence-electron chi connectivity index (χ0n) is 10.9. The first-order chi connectivity index (χ1) is 9.24. The fraction of sp³-hybridized carbons (Fsp3) is 0.462. The van der Waals surface area contributed by atoms with Crippen molar-refractivity contribution in [2.24, 2.45) is 0 Å². The second-order valence-electron chi connectivity index (χ2n) is 4.42. The highest BCUT2D eigenvalue weighted by Crippen LogP contribution is 2.32. The van der Waals surface area contributed by atoms with E-state index in [0.29, 0.717) is 13.0 Å². The molecule has 7 heteroatoms. The van der Waals surface area contributed by atoms with Crippen molar-refractivity contribution in [2.75, 3.05) is 13.1 Å². The van der Waals surface area contributed by atoms with E-state index >= 15 is 0 Å². The average molecular weight is 293 g/mol. The molecule has 0 aliphatic carbocycles. The van der Waals surface area contributed by atoms with Crippen LogP contribution in [0.15, 0.2) is 18.2 Å². The van der Waals surface area contributed by atoms with Crippen molar-refractivity contribution in [2.45, 2.75) is 26.1 Å². The van der Waals surface area contributed by atoms with Crippen LogP contribution in [0.1, 0.15) is 24.5 Å². The molecule has 0 radical (unpaired) electrons. The first-order valence-corrected chi connectivity index (χ1v) is 6.03. The normalized spacial score (nSPS) is 11.9. The number of hydrogen-bond donors (Lipinski definition) is 1. The number of alkyl halides is 3. The van der Waals surface area contributed by atoms with Gasteiger partial charge in [0.05, 0.1) is 12.1 Å². The van der Waals surface area contributed by atoms with Crippen LogP contribution in [0.5, 0.6) is 0 Å². The largest absolute Gasteiger partial charge is 0.480 e. The quantitative estimate of drug-likeness (QED) is 0.819. The minimum absolute atomic E-state index is 0.0312. The highest BCUT2D eigenvalue weighted by atomic mass is 19.4. The van der Waals surface area contributed by atoms with E-state index in [1.807, 2.05) is 6.92 Å². The van der Waals surface area contributed by atoms with Gasteiger partial charge in [-0.3, -0.25) is 9.69 Å². The van der Waals surface area contributed by atoms with Crippen LogP contribution in [0.25, 0.3) is 0 Å². The van der Waals surface area contributed by atoms with Crippen molar-refractivity contribution in [3.63, 3.8) is 0 Å². The van der Waals surface area contributed by atoms with Gasteiger partial charge in [-0.1, -0.05) is 13.0 Å². The Hall–Kier alpha value is -1.63. The minimum atomic E-state index is -4.76. The van der Waals surface area contributed by atoms with E-state index in [9.17, 15) is 22.4 Å². The van der Waals surface area contributed by atoms with Gasteiger partial charge >= 0.3 is 12.1 Å². The molecule has 0 aliphatic heterocycles. The Labute approximate surface area is 113 Å². The molecule has 0 bridgehead atoms. The van der Waals surface area contributed by atoms with Crippen LogP contribution < -0.4 is 0 Å². The molecular formula is C13H15F4NO2. The Morgan fingerprint density at radius 2 is 2.00 bits per heavy atom. The Kier molecular flexibility index (Phi) is 5.50. The predicted octanol–water partition coefficient (Wildman–Crippen LogP) is 3.14. The Morgan fingerprint density at radius 1 is 1.35 bits per heavy atom. The van der Waals surface area contributed by atoms with Gasteiger partial charge < -0.3 is 5.11 Å². The molecule has 20 heavy (non-hydrogen) atoms. The van der Waals surface area contributed by atoms with Gasteiger partial charge in [0.1, 0.15) is 5.82 Å². The first-order valence-electron chi connectivity index (χ1n) is 6.03. The molecule has 0 saturated carbocycles. The first kappa shape index (κ1) is 16.4. The standard InChI is InChI=1S/C13H15F4NO2/c1-2-5-18(8-12(19)20)7-9-3-4-11(14)10(6-9)13(15,16)17/h3-4,6H,2,5,7-8H2,1H3,(H,19,20). The minimum Gasteiger partial charge on any atom is -0.480 e. The van der Waals surface area contributed by atoms with Crippen LogP contribution in [0, 0.1) is 5.82 Å². The highest BCUT2D eigenvalue weighted by Gasteiger charge is 2.34. The van der Waals surface area contributed by atoms with E-state index in [2.05, 4.69) is 0 Å². The SMILES string of the molecule is CCCN(CC(=O)O)Cc1ccc(F)c(C(F)(F)F)c1. The predicted molar refractivity (Wildman–Crippen MR) is 64.6 cm³/mol. The number of nitrogens with zero attached hydrogens (tertiary/aromatic N) is 1. The zero-order valence-corrected chi connectivity index (χ0v) is 10.9. The maximum atomic E-state index is 13.1. The number of carbonyl (C=O) groups is 1. The lowest BCUT2D eigenvalue weighted by Gasteiger charge is -2.20. The van der Waals surface area contributed by atoms with Gasteiger partial charge in [0.25, 0.3) is 0 Å². The van der Waals surface area contributed by atoms with Crippen LogP contribution in [-0.4, -0.2) is 29.1 Å². The molecule has 0 aromatic heterocycles. The summed E-state index contributed by atoms with van der Waals surface area (Å²) in [6, 6.07) is 2.71. The molecule has 112 valence electrons. The van der Waals surface area contributed by atoms with Crippen LogP contribution in [0.4, 0.5) is 17.6 Å². The van der Waals surface area contributed by atoms with Crippen LogP contribution in [-0.2, 0) is 17.5 Å². The molecule has 1 aromatic rings. The summed E-state index contributed by atoms with van der Waals surface area (Å²) in [6.07, 6.45) is -4.09. The molecule has 0 amide bonds. The molecule has 3 nitrogen and oxygen atoms in total. The number of benzene rings is 1. The number of carboxylic acid groups (broad SMARTS) is 1.